The van der Waals surface area contributed by atoms with E-state index in [9.17, 15) is 24.4 Å². The molecule has 0 bridgehead atoms. The van der Waals surface area contributed by atoms with Crippen molar-refractivity contribution in [2.75, 3.05) is 49.4 Å². The first-order valence-electron chi connectivity index (χ1n) is 22.4. The second-order valence-corrected chi connectivity index (χ2v) is 19.7. The molecule has 2 aliphatic heterocycles. The Hall–Kier alpha value is -5.73. The Morgan fingerprint density at radius 2 is 1.65 bits per heavy atom. The number of rotatable bonds is 20. The summed E-state index contributed by atoms with van der Waals surface area (Å²) < 4.78 is 17.4. The monoisotopic (exact) mass is 935 g/mol. The summed E-state index contributed by atoms with van der Waals surface area (Å²) in [5.74, 6) is -0.198. The number of thiocarbonyl (C=S) groups is 1. The molecule has 2 saturated heterocycles. The second-order valence-electron chi connectivity index (χ2n) is 18.5. The Bertz CT molecular complexity index is 2380. The number of amides is 4. The van der Waals surface area contributed by atoms with Gasteiger partial charge in [-0.1, -0.05) is 52.0 Å². The number of carbonyl (C=O) groups excluding carboxylic acids is 4. The average molecular weight is 936 g/mol. The average Bonchev–Trinajstić information content (AvgIpc) is 4.01. The number of hydrogen-bond acceptors (Lipinski definition) is 11. The van der Waals surface area contributed by atoms with Crippen molar-refractivity contribution in [3.63, 3.8) is 0 Å². The molecule has 4 amide bonds. The highest BCUT2D eigenvalue weighted by atomic mass is 32.1. The minimum Gasteiger partial charge on any atom is -0.494 e. The Labute approximate surface area is 397 Å². The summed E-state index contributed by atoms with van der Waals surface area (Å²) >= 11 is 7.38. The molecule has 0 unspecified atom stereocenters. The molecule has 350 valence electrons. The van der Waals surface area contributed by atoms with Crippen molar-refractivity contribution in [3.8, 4) is 22.3 Å². The van der Waals surface area contributed by atoms with E-state index in [1.165, 1.54) is 4.90 Å². The van der Waals surface area contributed by atoms with Crippen molar-refractivity contribution in [2.24, 2.45) is 11.3 Å². The first kappa shape index (κ1) is 49.7. The lowest BCUT2D eigenvalue weighted by atomic mass is 9.85. The molecule has 3 atom stereocenters. The van der Waals surface area contributed by atoms with Crippen LogP contribution in [-0.2, 0) is 35.2 Å². The molecule has 2 N–H and O–H groups in total. The van der Waals surface area contributed by atoms with Gasteiger partial charge in [-0.2, -0.15) is 5.26 Å². The zero-order chi connectivity index (χ0) is 47.6. The van der Waals surface area contributed by atoms with Crippen LogP contribution in [0.3, 0.4) is 0 Å². The van der Waals surface area contributed by atoms with Crippen LogP contribution in [0, 0.1) is 29.6 Å². The zero-order valence-electron chi connectivity index (χ0n) is 38.9. The molecule has 66 heavy (non-hydrogen) atoms. The van der Waals surface area contributed by atoms with E-state index >= 15 is 0 Å². The maximum absolute atomic E-state index is 14.0. The van der Waals surface area contributed by atoms with Gasteiger partial charge in [0, 0.05) is 44.8 Å². The van der Waals surface area contributed by atoms with Gasteiger partial charge in [-0.05, 0) is 129 Å². The normalized spacial score (nSPS) is 17.5. The van der Waals surface area contributed by atoms with Crippen molar-refractivity contribution in [1.29, 1.82) is 5.26 Å². The van der Waals surface area contributed by atoms with Crippen molar-refractivity contribution in [3.05, 3.63) is 95.1 Å². The SMILES string of the molecule is Cc1cc(N2C(=O)C(C)(C)N(c3ccc(OCCCCOCCCOCC(=O)N[C@H](C(=O)N4C[C@H](C)C[C@H]4C(=O)NCc4ccc(-c5cncs5)cc4)C(C)(C)C)cc3)C2=S)ccc1C#N. The zero-order valence-corrected chi connectivity index (χ0v) is 40.6. The van der Waals surface area contributed by atoms with Crippen LogP contribution in [0.15, 0.2) is 78.4 Å². The minimum atomic E-state index is -0.918. The molecule has 6 rings (SSSR count). The molecule has 4 aromatic rings. The van der Waals surface area contributed by atoms with E-state index in [1.54, 1.807) is 39.9 Å². The molecule has 3 aromatic carbocycles. The van der Waals surface area contributed by atoms with Crippen LogP contribution in [0.25, 0.3) is 10.4 Å². The summed E-state index contributed by atoms with van der Waals surface area (Å²) in [5.41, 5.74) is 5.01. The number of aryl methyl sites for hydroxylation is 1. The largest absolute Gasteiger partial charge is 0.494 e. The summed E-state index contributed by atoms with van der Waals surface area (Å²) in [6, 6.07) is 21.4. The Kier molecular flexibility index (Phi) is 16.7. The number of hydrogen-bond donors (Lipinski definition) is 2. The van der Waals surface area contributed by atoms with Gasteiger partial charge in [0.25, 0.3) is 5.91 Å². The number of nitrogens with zero attached hydrogens (tertiary/aromatic N) is 5. The number of aromatic nitrogens is 1. The van der Waals surface area contributed by atoms with Crippen molar-refractivity contribution in [1.82, 2.24) is 20.5 Å². The number of thiazole rings is 1. The predicted molar refractivity (Wildman–Crippen MR) is 260 cm³/mol. The fourth-order valence-corrected chi connectivity index (χ4v) is 9.24. The van der Waals surface area contributed by atoms with Gasteiger partial charge in [-0.15, -0.1) is 11.3 Å². The van der Waals surface area contributed by atoms with Crippen molar-refractivity contribution < 1.29 is 33.4 Å². The van der Waals surface area contributed by atoms with E-state index in [4.69, 9.17) is 26.4 Å². The van der Waals surface area contributed by atoms with Gasteiger partial charge in [0.1, 0.15) is 30.0 Å². The van der Waals surface area contributed by atoms with Gasteiger partial charge in [0.2, 0.25) is 17.7 Å². The summed E-state index contributed by atoms with van der Waals surface area (Å²) in [4.78, 5) is 64.3. The number of benzene rings is 3. The minimum absolute atomic E-state index is 0.132. The summed E-state index contributed by atoms with van der Waals surface area (Å²) in [6.07, 6.45) is 4.56. The molecule has 0 aliphatic carbocycles. The summed E-state index contributed by atoms with van der Waals surface area (Å²) in [6.45, 7) is 15.7. The van der Waals surface area contributed by atoms with Crippen LogP contribution < -0.4 is 25.2 Å². The van der Waals surface area contributed by atoms with Crippen LogP contribution in [0.4, 0.5) is 11.4 Å². The van der Waals surface area contributed by atoms with Crippen LogP contribution in [0.2, 0.25) is 0 Å². The number of anilines is 2. The highest BCUT2D eigenvalue weighted by molar-refractivity contribution is 7.81. The first-order valence-corrected chi connectivity index (χ1v) is 23.7. The summed E-state index contributed by atoms with van der Waals surface area (Å²) in [5, 5.41) is 15.6. The van der Waals surface area contributed by atoms with Gasteiger partial charge in [0.15, 0.2) is 5.11 Å². The summed E-state index contributed by atoms with van der Waals surface area (Å²) in [7, 11) is 0. The van der Waals surface area contributed by atoms with Gasteiger partial charge in [0.05, 0.1) is 34.3 Å². The molecule has 3 heterocycles. The van der Waals surface area contributed by atoms with E-state index in [0.717, 1.165) is 40.1 Å². The standard InChI is InChI=1S/C50H61N7O7S2/c1-33-25-41(45(59)53-28-35-11-13-36(14-12-35)42-29-52-32-66-42)55(30-33)46(60)44(49(3,4)5)54-43(58)31-63-23-10-22-62-21-8-9-24-64-40-19-17-38(18-20-40)57-48(65)56(47(61)50(57,6)7)39-16-15-37(27-51)34(2)26-39/h11-20,26,29,32-33,41,44H,8-10,21-25,28,30-31H2,1-7H3,(H,53,59)(H,54,58)/t33-,41+,44-/m1/s1. The third-order valence-corrected chi connectivity index (χ3v) is 13.0. The molecule has 2 aliphatic rings. The molecule has 16 heteroatoms. The molecule has 0 spiro atoms. The third-order valence-electron chi connectivity index (χ3n) is 11.8. The number of nitrogens with one attached hydrogen (secondary N) is 2. The fourth-order valence-electron chi connectivity index (χ4n) is 8.09. The molecule has 14 nitrogen and oxygen atoms in total. The van der Waals surface area contributed by atoms with Crippen LogP contribution in [-0.4, -0.2) is 95.8 Å². The topological polar surface area (TPSA) is 166 Å². The second kappa shape index (κ2) is 22.2. The van der Waals surface area contributed by atoms with Gasteiger partial charge < -0.3 is 34.6 Å². The van der Waals surface area contributed by atoms with Gasteiger partial charge in [-0.3, -0.25) is 29.1 Å². The molecule has 2 fully saturated rings. The maximum Gasteiger partial charge on any atom is 0.259 e. The van der Waals surface area contributed by atoms with Crippen molar-refractivity contribution >= 4 is 63.7 Å². The van der Waals surface area contributed by atoms with Crippen LogP contribution in [0.1, 0.15) is 83.9 Å². The molecule has 0 radical (unpaired) electrons. The number of carbonyl (C=O) groups is 4. The maximum atomic E-state index is 14.0. The highest BCUT2D eigenvalue weighted by Gasteiger charge is 2.50. The Balaban J connectivity index is 0.854. The highest BCUT2D eigenvalue weighted by Crippen LogP contribution is 2.37. The Morgan fingerprint density at radius 3 is 2.32 bits per heavy atom. The lowest BCUT2D eigenvalue weighted by Crippen LogP contribution is -2.58. The third kappa shape index (κ3) is 12.2. The van der Waals surface area contributed by atoms with Crippen molar-refractivity contribution in [2.45, 2.75) is 98.3 Å². The molecule has 0 saturated carbocycles. The van der Waals surface area contributed by atoms with Crippen LogP contribution >= 0.6 is 23.6 Å². The van der Waals surface area contributed by atoms with E-state index in [0.29, 0.717) is 74.5 Å². The quantitative estimate of drug-likeness (QED) is 0.0663. The van der Waals surface area contributed by atoms with Crippen LogP contribution in [0.5, 0.6) is 5.75 Å². The number of ether oxygens (including phenoxy) is 3. The van der Waals surface area contributed by atoms with E-state index in [-0.39, 0.29) is 30.2 Å². The van der Waals surface area contributed by atoms with E-state index < -0.39 is 28.9 Å². The first-order chi connectivity index (χ1) is 31.5. The lowest BCUT2D eigenvalue weighted by molar-refractivity contribution is -0.144. The molecule has 1 aromatic heterocycles. The number of nitriles is 1. The van der Waals surface area contributed by atoms with Gasteiger partial charge >= 0.3 is 0 Å². The lowest BCUT2D eigenvalue weighted by Gasteiger charge is -2.35. The predicted octanol–water partition coefficient (Wildman–Crippen LogP) is 7.57. The number of unbranched alkanes of at least 4 members (excludes halogenated alkanes) is 1. The van der Waals surface area contributed by atoms with E-state index in [1.807, 2.05) is 108 Å². The van der Waals surface area contributed by atoms with E-state index in [2.05, 4.69) is 21.7 Å². The Morgan fingerprint density at radius 1 is 0.970 bits per heavy atom. The smallest absolute Gasteiger partial charge is 0.259 e. The molecular formula is C50H61N7O7S2. The number of likely N-dealkylation sites (tertiary alicyclic amines) is 1. The molecular weight excluding hydrogens is 875 g/mol. The fraction of sp³-hybridized carbons (Fsp3) is 0.460. The van der Waals surface area contributed by atoms with Gasteiger partial charge in [-0.25, -0.2) is 0 Å².